The van der Waals surface area contributed by atoms with Crippen molar-refractivity contribution in [3.8, 4) is 5.75 Å². The number of hydrogen-bond acceptors (Lipinski definition) is 4. The standard InChI is InChI=1S/C15H21N3O2S/c1-10-9-12(3-4-13(10)19)15(20)18-7-5-17(6-8-18)11(2)14(16)21/h3-4,9,11,19H,5-8H2,1-2H3,(H2,16,21). The summed E-state index contributed by atoms with van der Waals surface area (Å²) in [6, 6.07) is 5.01. The number of amides is 1. The van der Waals surface area contributed by atoms with Crippen LogP contribution in [0.2, 0.25) is 0 Å². The van der Waals surface area contributed by atoms with Crippen LogP contribution in [-0.2, 0) is 0 Å². The molecule has 1 saturated heterocycles. The van der Waals surface area contributed by atoms with Crippen LogP contribution in [0.25, 0.3) is 0 Å². The molecule has 0 bridgehead atoms. The predicted octanol–water partition coefficient (Wildman–Crippen LogP) is 1.13. The quantitative estimate of drug-likeness (QED) is 0.819. The summed E-state index contributed by atoms with van der Waals surface area (Å²) in [5, 5.41) is 9.53. The average Bonchev–Trinajstić information content (AvgIpc) is 2.48. The molecule has 0 saturated carbocycles. The van der Waals surface area contributed by atoms with Crippen LogP contribution in [0.15, 0.2) is 18.2 Å². The highest BCUT2D eigenvalue weighted by atomic mass is 32.1. The van der Waals surface area contributed by atoms with Gasteiger partial charge < -0.3 is 15.7 Å². The molecular weight excluding hydrogens is 286 g/mol. The lowest BCUT2D eigenvalue weighted by molar-refractivity contribution is 0.0621. The van der Waals surface area contributed by atoms with Gasteiger partial charge in [-0.3, -0.25) is 9.69 Å². The van der Waals surface area contributed by atoms with Crippen molar-refractivity contribution in [2.24, 2.45) is 5.73 Å². The Morgan fingerprint density at radius 2 is 1.95 bits per heavy atom. The normalized spacial score (nSPS) is 17.5. The maximum Gasteiger partial charge on any atom is 0.253 e. The van der Waals surface area contributed by atoms with Crippen LogP contribution in [0, 0.1) is 6.92 Å². The number of rotatable bonds is 3. The van der Waals surface area contributed by atoms with Crippen molar-refractivity contribution in [1.82, 2.24) is 9.80 Å². The number of carbonyl (C=O) groups excluding carboxylic acids is 1. The van der Waals surface area contributed by atoms with Crippen LogP contribution >= 0.6 is 12.2 Å². The molecule has 5 nitrogen and oxygen atoms in total. The third kappa shape index (κ3) is 3.51. The van der Waals surface area contributed by atoms with Crippen LogP contribution in [0.3, 0.4) is 0 Å². The first kappa shape index (κ1) is 15.7. The van der Waals surface area contributed by atoms with Gasteiger partial charge in [0.15, 0.2) is 0 Å². The fraction of sp³-hybridized carbons (Fsp3) is 0.467. The van der Waals surface area contributed by atoms with Crippen LogP contribution in [0.5, 0.6) is 5.75 Å². The van der Waals surface area contributed by atoms with Gasteiger partial charge in [0, 0.05) is 31.7 Å². The van der Waals surface area contributed by atoms with Gasteiger partial charge in [0.05, 0.1) is 11.0 Å². The lowest BCUT2D eigenvalue weighted by Gasteiger charge is -2.37. The van der Waals surface area contributed by atoms with Gasteiger partial charge in [0.25, 0.3) is 5.91 Å². The van der Waals surface area contributed by atoms with Crippen molar-refractivity contribution in [2.75, 3.05) is 26.2 Å². The molecule has 1 aliphatic heterocycles. The molecule has 1 aromatic carbocycles. The first-order chi connectivity index (χ1) is 9.90. The maximum absolute atomic E-state index is 12.4. The third-order valence-corrected chi connectivity index (χ3v) is 4.35. The van der Waals surface area contributed by atoms with E-state index in [1.165, 1.54) is 0 Å². The fourth-order valence-electron chi connectivity index (χ4n) is 2.46. The number of phenolic OH excluding ortho intramolecular Hbond substituents is 1. The Hall–Kier alpha value is -1.66. The molecular formula is C15H21N3O2S. The van der Waals surface area contributed by atoms with Crippen molar-refractivity contribution in [1.29, 1.82) is 0 Å². The second kappa shape index (κ2) is 6.41. The molecule has 0 aliphatic carbocycles. The van der Waals surface area contributed by atoms with Gasteiger partial charge in [-0.15, -0.1) is 0 Å². The van der Waals surface area contributed by atoms with E-state index in [0.29, 0.717) is 29.2 Å². The zero-order chi connectivity index (χ0) is 15.6. The van der Waals surface area contributed by atoms with Crippen molar-refractivity contribution in [3.63, 3.8) is 0 Å². The first-order valence-corrected chi connectivity index (χ1v) is 7.43. The topological polar surface area (TPSA) is 69.8 Å². The second-order valence-corrected chi connectivity index (χ2v) is 5.88. The number of aromatic hydroxyl groups is 1. The third-order valence-electron chi connectivity index (χ3n) is 4.00. The lowest BCUT2D eigenvalue weighted by Crippen LogP contribution is -2.53. The molecule has 6 heteroatoms. The van der Waals surface area contributed by atoms with E-state index in [9.17, 15) is 9.90 Å². The number of carbonyl (C=O) groups is 1. The summed E-state index contributed by atoms with van der Waals surface area (Å²) in [6.07, 6.45) is 0. The van der Waals surface area contributed by atoms with Gasteiger partial charge in [0.1, 0.15) is 5.75 Å². The number of phenols is 1. The SMILES string of the molecule is Cc1cc(C(=O)N2CCN(C(C)C(N)=S)CC2)ccc1O. The van der Waals surface area contributed by atoms with Crippen LogP contribution in [0.4, 0.5) is 0 Å². The summed E-state index contributed by atoms with van der Waals surface area (Å²) in [4.78, 5) is 17.0. The van der Waals surface area contributed by atoms with E-state index in [-0.39, 0.29) is 17.7 Å². The summed E-state index contributed by atoms with van der Waals surface area (Å²) in [7, 11) is 0. The highest BCUT2D eigenvalue weighted by Gasteiger charge is 2.25. The Morgan fingerprint density at radius 1 is 1.33 bits per heavy atom. The van der Waals surface area contributed by atoms with Crippen LogP contribution in [-0.4, -0.2) is 58.0 Å². The van der Waals surface area contributed by atoms with E-state index in [1.807, 2.05) is 11.8 Å². The Kier molecular flexibility index (Phi) is 4.80. The molecule has 1 unspecified atom stereocenters. The van der Waals surface area contributed by atoms with Crippen molar-refractivity contribution < 1.29 is 9.90 Å². The smallest absolute Gasteiger partial charge is 0.253 e. The van der Waals surface area contributed by atoms with Gasteiger partial charge in [0.2, 0.25) is 0 Å². The van der Waals surface area contributed by atoms with E-state index >= 15 is 0 Å². The zero-order valence-corrected chi connectivity index (χ0v) is 13.2. The number of thiocarbonyl (C=S) groups is 1. The molecule has 3 N–H and O–H groups in total. The van der Waals surface area contributed by atoms with Crippen LogP contribution in [0.1, 0.15) is 22.8 Å². The van der Waals surface area contributed by atoms with E-state index in [2.05, 4.69) is 4.90 Å². The lowest BCUT2D eigenvalue weighted by atomic mass is 10.1. The number of hydrogen-bond donors (Lipinski definition) is 2. The molecule has 1 heterocycles. The second-order valence-electron chi connectivity index (χ2n) is 5.41. The van der Waals surface area contributed by atoms with Crippen molar-refractivity contribution in [3.05, 3.63) is 29.3 Å². The largest absolute Gasteiger partial charge is 0.508 e. The molecule has 1 atom stereocenters. The van der Waals surface area contributed by atoms with Gasteiger partial charge in [-0.05, 0) is 37.6 Å². The molecule has 114 valence electrons. The predicted molar refractivity (Wildman–Crippen MR) is 86.6 cm³/mol. The van der Waals surface area contributed by atoms with E-state index < -0.39 is 0 Å². The van der Waals surface area contributed by atoms with Gasteiger partial charge in [-0.2, -0.15) is 0 Å². The zero-order valence-electron chi connectivity index (χ0n) is 12.4. The summed E-state index contributed by atoms with van der Waals surface area (Å²) in [6.45, 7) is 6.62. The van der Waals surface area contributed by atoms with Gasteiger partial charge >= 0.3 is 0 Å². The molecule has 1 fully saturated rings. The molecule has 21 heavy (non-hydrogen) atoms. The Morgan fingerprint density at radius 3 is 2.48 bits per heavy atom. The van der Waals surface area contributed by atoms with Gasteiger partial charge in [-0.1, -0.05) is 12.2 Å². The molecule has 0 radical (unpaired) electrons. The Bertz CT molecular complexity index is 554. The van der Waals surface area contributed by atoms with Gasteiger partial charge in [-0.25, -0.2) is 0 Å². The monoisotopic (exact) mass is 307 g/mol. The highest BCUT2D eigenvalue weighted by molar-refractivity contribution is 7.80. The van der Waals surface area contributed by atoms with E-state index in [1.54, 1.807) is 25.1 Å². The molecule has 1 aromatic rings. The Labute approximate surface area is 130 Å². The Balaban J connectivity index is 2.00. The number of benzene rings is 1. The first-order valence-electron chi connectivity index (χ1n) is 7.02. The maximum atomic E-state index is 12.4. The van der Waals surface area contributed by atoms with Crippen molar-refractivity contribution >= 4 is 23.1 Å². The summed E-state index contributed by atoms with van der Waals surface area (Å²) in [5.41, 5.74) is 6.99. The summed E-state index contributed by atoms with van der Waals surface area (Å²) in [5.74, 6) is 0.211. The van der Waals surface area contributed by atoms with E-state index in [4.69, 9.17) is 18.0 Å². The minimum atomic E-state index is 0.000674. The number of nitrogens with zero attached hydrogens (tertiary/aromatic N) is 2. The number of aryl methyl sites for hydroxylation is 1. The summed E-state index contributed by atoms with van der Waals surface area (Å²) < 4.78 is 0. The number of nitrogens with two attached hydrogens (primary N) is 1. The molecule has 1 aliphatic rings. The van der Waals surface area contributed by atoms with Crippen LogP contribution < -0.4 is 5.73 Å². The molecule has 0 spiro atoms. The highest BCUT2D eigenvalue weighted by Crippen LogP contribution is 2.19. The molecule has 1 amide bonds. The van der Waals surface area contributed by atoms with E-state index in [0.717, 1.165) is 13.1 Å². The minimum Gasteiger partial charge on any atom is -0.508 e. The molecule has 2 rings (SSSR count). The average molecular weight is 307 g/mol. The number of piperazine rings is 1. The molecule has 0 aromatic heterocycles. The fourth-order valence-corrected chi connectivity index (χ4v) is 2.61. The minimum absolute atomic E-state index is 0.000674. The van der Waals surface area contributed by atoms with Crippen molar-refractivity contribution in [2.45, 2.75) is 19.9 Å². The summed E-state index contributed by atoms with van der Waals surface area (Å²) >= 11 is 5.02.